The number of halogens is 2. The van der Waals surface area contributed by atoms with Crippen molar-refractivity contribution in [2.45, 2.75) is 36.6 Å². The number of carbonyl (C=O) groups is 1. The maximum absolute atomic E-state index is 13.1. The normalized spacial score (nSPS) is 14.8. The number of aliphatic hydroxyl groups excluding tert-OH is 1. The molecule has 1 aromatic rings. The third kappa shape index (κ3) is 4.41. The van der Waals surface area contributed by atoms with Crippen molar-refractivity contribution in [1.29, 1.82) is 0 Å². The molecule has 1 aliphatic rings. The Labute approximate surface area is 127 Å². The second-order valence-electron chi connectivity index (χ2n) is 5.11. The van der Waals surface area contributed by atoms with E-state index in [1.54, 1.807) is 0 Å². The van der Waals surface area contributed by atoms with Crippen molar-refractivity contribution in [1.82, 2.24) is 4.90 Å². The fraction of sp³-hybridized carbons (Fsp3) is 0.533. The fourth-order valence-corrected chi connectivity index (χ4v) is 3.05. The van der Waals surface area contributed by atoms with Gasteiger partial charge in [0, 0.05) is 24.1 Å². The lowest BCUT2D eigenvalue weighted by Gasteiger charge is -2.37. The Morgan fingerprint density at radius 1 is 1.33 bits per heavy atom. The summed E-state index contributed by atoms with van der Waals surface area (Å²) in [5.41, 5.74) is 0. The lowest BCUT2D eigenvalue weighted by Crippen LogP contribution is -2.45. The van der Waals surface area contributed by atoms with Gasteiger partial charge in [-0.15, -0.1) is 11.8 Å². The Kier molecular flexibility index (Phi) is 5.99. The molecule has 0 saturated heterocycles. The van der Waals surface area contributed by atoms with Crippen LogP contribution in [0.25, 0.3) is 0 Å². The van der Waals surface area contributed by atoms with Crippen LogP contribution in [-0.4, -0.2) is 40.9 Å². The van der Waals surface area contributed by atoms with Crippen molar-refractivity contribution in [3.05, 3.63) is 29.8 Å². The second-order valence-corrected chi connectivity index (χ2v) is 6.16. The van der Waals surface area contributed by atoms with Crippen molar-refractivity contribution in [2.24, 2.45) is 0 Å². The quantitative estimate of drug-likeness (QED) is 0.787. The highest BCUT2D eigenvalue weighted by atomic mass is 32.2. The van der Waals surface area contributed by atoms with E-state index in [0.29, 0.717) is 17.9 Å². The summed E-state index contributed by atoms with van der Waals surface area (Å²) in [6, 6.07) is 3.92. The van der Waals surface area contributed by atoms with Gasteiger partial charge in [-0.3, -0.25) is 4.79 Å². The van der Waals surface area contributed by atoms with Crippen LogP contribution in [0.15, 0.2) is 23.1 Å². The number of thioether (sulfide) groups is 1. The molecular formula is C15H19F2NO2S. The van der Waals surface area contributed by atoms with Crippen LogP contribution in [0.5, 0.6) is 0 Å². The summed E-state index contributed by atoms with van der Waals surface area (Å²) in [5, 5.41) is 8.91. The Morgan fingerprint density at radius 3 is 2.67 bits per heavy atom. The van der Waals surface area contributed by atoms with Crippen molar-refractivity contribution < 1.29 is 18.7 Å². The van der Waals surface area contributed by atoms with Crippen LogP contribution in [0, 0.1) is 11.6 Å². The molecule has 2 rings (SSSR count). The van der Waals surface area contributed by atoms with Gasteiger partial charge in [0.05, 0.1) is 5.75 Å². The van der Waals surface area contributed by atoms with Gasteiger partial charge >= 0.3 is 0 Å². The van der Waals surface area contributed by atoms with E-state index in [2.05, 4.69) is 0 Å². The Hall–Kier alpha value is -1.14. The van der Waals surface area contributed by atoms with E-state index in [-0.39, 0.29) is 24.3 Å². The monoisotopic (exact) mass is 315 g/mol. The zero-order chi connectivity index (χ0) is 15.2. The summed E-state index contributed by atoms with van der Waals surface area (Å²) in [6.07, 6.45) is 3.71. The first-order valence-electron chi connectivity index (χ1n) is 7.10. The van der Waals surface area contributed by atoms with Crippen molar-refractivity contribution in [3.8, 4) is 0 Å². The zero-order valence-corrected chi connectivity index (χ0v) is 12.5. The number of nitrogens with zero attached hydrogens (tertiary/aromatic N) is 1. The molecule has 0 atom stereocenters. The van der Waals surface area contributed by atoms with Gasteiger partial charge in [-0.05, 0) is 43.9 Å². The lowest BCUT2D eigenvalue weighted by molar-refractivity contribution is -0.132. The molecule has 3 nitrogen and oxygen atoms in total. The molecular weight excluding hydrogens is 296 g/mol. The summed E-state index contributed by atoms with van der Waals surface area (Å²) in [4.78, 5) is 14.6. The first-order valence-corrected chi connectivity index (χ1v) is 8.08. The zero-order valence-electron chi connectivity index (χ0n) is 11.7. The first kappa shape index (κ1) is 16.2. The largest absolute Gasteiger partial charge is 0.396 e. The molecule has 0 bridgehead atoms. The number of amides is 1. The van der Waals surface area contributed by atoms with Crippen LogP contribution in [-0.2, 0) is 4.79 Å². The molecule has 0 aromatic heterocycles. The second kappa shape index (κ2) is 7.75. The Morgan fingerprint density at radius 2 is 2.10 bits per heavy atom. The third-order valence-corrected chi connectivity index (χ3v) is 4.62. The number of hydrogen-bond donors (Lipinski definition) is 1. The maximum Gasteiger partial charge on any atom is 0.233 e. The highest BCUT2D eigenvalue weighted by Crippen LogP contribution is 2.27. The minimum absolute atomic E-state index is 0.0112. The molecule has 0 spiro atoms. The van der Waals surface area contributed by atoms with Crippen molar-refractivity contribution >= 4 is 17.7 Å². The van der Waals surface area contributed by atoms with Crippen LogP contribution in [0.1, 0.15) is 25.7 Å². The molecule has 1 N–H and O–H groups in total. The minimum atomic E-state index is -0.899. The molecule has 1 amide bonds. The summed E-state index contributed by atoms with van der Waals surface area (Å²) in [5.74, 6) is -1.59. The highest BCUT2D eigenvalue weighted by Gasteiger charge is 2.28. The molecule has 1 saturated carbocycles. The molecule has 0 unspecified atom stereocenters. The van der Waals surface area contributed by atoms with Crippen LogP contribution < -0.4 is 0 Å². The topological polar surface area (TPSA) is 40.5 Å². The molecule has 21 heavy (non-hydrogen) atoms. The number of hydrogen-bond acceptors (Lipinski definition) is 3. The molecule has 0 heterocycles. The van der Waals surface area contributed by atoms with E-state index in [4.69, 9.17) is 5.11 Å². The first-order chi connectivity index (χ1) is 10.1. The molecule has 0 radical (unpaired) electrons. The Balaban J connectivity index is 1.89. The average Bonchev–Trinajstić information content (AvgIpc) is 2.42. The summed E-state index contributed by atoms with van der Waals surface area (Å²) in [6.45, 7) is 0.616. The van der Waals surface area contributed by atoms with Gasteiger partial charge in [0.2, 0.25) is 5.91 Å². The molecule has 1 aromatic carbocycles. The lowest BCUT2D eigenvalue weighted by atomic mass is 9.91. The molecule has 1 aliphatic carbocycles. The number of aliphatic hydroxyl groups is 1. The van der Waals surface area contributed by atoms with Crippen LogP contribution >= 0.6 is 11.8 Å². The van der Waals surface area contributed by atoms with Gasteiger partial charge in [0.25, 0.3) is 0 Å². The molecule has 116 valence electrons. The van der Waals surface area contributed by atoms with E-state index in [1.165, 1.54) is 17.8 Å². The van der Waals surface area contributed by atoms with Gasteiger partial charge in [-0.25, -0.2) is 8.78 Å². The van der Waals surface area contributed by atoms with Crippen molar-refractivity contribution in [3.63, 3.8) is 0 Å². The van der Waals surface area contributed by atoms with Gasteiger partial charge in [-0.2, -0.15) is 0 Å². The van der Waals surface area contributed by atoms with E-state index in [0.717, 1.165) is 31.4 Å². The standard InChI is InChI=1S/C15H19F2NO2S/c16-13-6-5-12(9-14(13)17)21-10-15(20)18(7-2-8-19)11-3-1-4-11/h5-6,9,11,19H,1-4,7-8,10H2. The minimum Gasteiger partial charge on any atom is -0.396 e. The summed E-state index contributed by atoms with van der Waals surface area (Å²) >= 11 is 1.20. The molecule has 6 heteroatoms. The van der Waals surface area contributed by atoms with Gasteiger partial charge in [0.15, 0.2) is 11.6 Å². The highest BCUT2D eigenvalue weighted by molar-refractivity contribution is 8.00. The SMILES string of the molecule is O=C(CSc1ccc(F)c(F)c1)N(CCCO)C1CCC1. The van der Waals surface area contributed by atoms with Crippen molar-refractivity contribution in [2.75, 3.05) is 18.9 Å². The molecule has 1 fully saturated rings. The molecule has 0 aliphatic heterocycles. The summed E-state index contributed by atoms with van der Waals surface area (Å²) in [7, 11) is 0. The fourth-order valence-electron chi connectivity index (χ4n) is 2.24. The number of rotatable bonds is 7. The third-order valence-electron chi connectivity index (χ3n) is 3.65. The van der Waals surface area contributed by atoms with Gasteiger partial charge in [-0.1, -0.05) is 0 Å². The van der Waals surface area contributed by atoms with E-state index < -0.39 is 11.6 Å². The smallest absolute Gasteiger partial charge is 0.233 e. The van der Waals surface area contributed by atoms with Gasteiger partial charge < -0.3 is 10.0 Å². The predicted octanol–water partition coefficient (Wildman–Crippen LogP) is 2.82. The predicted molar refractivity (Wildman–Crippen MR) is 78.1 cm³/mol. The van der Waals surface area contributed by atoms with Crippen LogP contribution in [0.3, 0.4) is 0 Å². The average molecular weight is 315 g/mol. The van der Waals surface area contributed by atoms with E-state index >= 15 is 0 Å². The Bertz CT molecular complexity index is 495. The summed E-state index contributed by atoms with van der Waals surface area (Å²) < 4.78 is 26.0. The number of benzene rings is 1. The van der Waals surface area contributed by atoms with Crippen LogP contribution in [0.4, 0.5) is 8.78 Å². The van der Waals surface area contributed by atoms with Crippen LogP contribution in [0.2, 0.25) is 0 Å². The van der Waals surface area contributed by atoms with E-state index in [1.807, 2.05) is 4.90 Å². The maximum atomic E-state index is 13.1. The van der Waals surface area contributed by atoms with E-state index in [9.17, 15) is 13.6 Å². The van der Waals surface area contributed by atoms with Gasteiger partial charge in [0.1, 0.15) is 0 Å². The number of carbonyl (C=O) groups excluding carboxylic acids is 1.